The molecule has 0 N–H and O–H groups in total. The van der Waals surface area contributed by atoms with E-state index in [-0.39, 0.29) is 0 Å². The minimum absolute atomic E-state index is 1.01. The fraction of sp³-hybridized carbons (Fsp3) is 0.333. The van der Waals surface area contributed by atoms with Crippen LogP contribution in [0.25, 0.3) is 0 Å². The first-order chi connectivity index (χ1) is 8.16. The molecule has 0 amide bonds. The fourth-order valence-corrected chi connectivity index (χ4v) is 2.84. The summed E-state index contributed by atoms with van der Waals surface area (Å²) < 4.78 is 0. The molecule has 0 atom stereocenters. The molecule has 1 nitrogen and oxygen atoms in total. The van der Waals surface area contributed by atoms with Crippen LogP contribution in [0.5, 0.6) is 0 Å². The Labute approximate surface area is 108 Å². The van der Waals surface area contributed by atoms with Gasteiger partial charge in [-0.2, -0.15) is 0 Å². The molecule has 1 aromatic heterocycles. The number of nitrogens with zero attached hydrogens (tertiary/aromatic N) is 1. The Morgan fingerprint density at radius 3 is 2.35 bits per heavy atom. The molecule has 0 fully saturated rings. The number of hydrogen-bond donors (Lipinski definition) is 0. The third-order valence-electron chi connectivity index (χ3n) is 3.12. The average molecular weight is 245 g/mol. The third kappa shape index (κ3) is 3.18. The van der Waals surface area contributed by atoms with E-state index >= 15 is 0 Å². The lowest BCUT2D eigenvalue weighted by atomic mass is 10.1. The van der Waals surface area contributed by atoms with Gasteiger partial charge in [0.15, 0.2) is 0 Å². The maximum Gasteiger partial charge on any atom is 0.0245 e. The second-order valence-electron chi connectivity index (χ2n) is 4.60. The van der Waals surface area contributed by atoms with E-state index in [9.17, 15) is 0 Å². The highest BCUT2D eigenvalue weighted by Gasteiger charge is 2.07. The van der Waals surface area contributed by atoms with E-state index < -0.39 is 0 Å². The van der Waals surface area contributed by atoms with E-state index in [0.29, 0.717) is 0 Å². The minimum atomic E-state index is 1.01. The van der Waals surface area contributed by atoms with Gasteiger partial charge in [0.2, 0.25) is 0 Å². The molecule has 0 aliphatic heterocycles. The molecule has 0 saturated carbocycles. The highest BCUT2D eigenvalue weighted by atomic mass is 32.1. The molecule has 0 radical (unpaired) electrons. The van der Waals surface area contributed by atoms with E-state index in [1.54, 1.807) is 0 Å². The van der Waals surface area contributed by atoms with Crippen molar-refractivity contribution in [3.63, 3.8) is 0 Å². The highest BCUT2D eigenvalue weighted by Crippen LogP contribution is 2.22. The highest BCUT2D eigenvalue weighted by molar-refractivity contribution is 7.10. The van der Waals surface area contributed by atoms with Gasteiger partial charge < -0.3 is 0 Å². The molecular formula is C15H19NS. The first-order valence-electron chi connectivity index (χ1n) is 5.93. The lowest BCUT2D eigenvalue weighted by Crippen LogP contribution is -2.17. The summed E-state index contributed by atoms with van der Waals surface area (Å²) >= 11 is 1.85. The molecule has 0 saturated heterocycles. The van der Waals surface area contributed by atoms with Gasteiger partial charge in [-0.25, -0.2) is 0 Å². The zero-order valence-corrected chi connectivity index (χ0v) is 11.6. The summed E-state index contributed by atoms with van der Waals surface area (Å²) in [4.78, 5) is 3.80. The van der Waals surface area contributed by atoms with Gasteiger partial charge in [-0.15, -0.1) is 11.3 Å². The Hall–Kier alpha value is -1.12. The fourth-order valence-electron chi connectivity index (χ4n) is 1.96. The van der Waals surface area contributed by atoms with E-state index in [1.165, 1.54) is 21.6 Å². The molecule has 0 aliphatic carbocycles. The topological polar surface area (TPSA) is 3.24 Å². The predicted molar refractivity (Wildman–Crippen MR) is 75.4 cm³/mol. The van der Waals surface area contributed by atoms with Crippen molar-refractivity contribution in [3.8, 4) is 0 Å². The smallest absolute Gasteiger partial charge is 0.0245 e. The monoisotopic (exact) mass is 245 g/mol. The molecular weight excluding hydrogens is 226 g/mol. The number of benzene rings is 1. The second kappa shape index (κ2) is 5.48. The van der Waals surface area contributed by atoms with Crippen LogP contribution < -0.4 is 0 Å². The summed E-state index contributed by atoms with van der Waals surface area (Å²) in [5, 5.41) is 2.28. The Bertz CT molecular complexity index is 473. The average Bonchev–Trinajstić information content (AvgIpc) is 2.62. The van der Waals surface area contributed by atoms with Crippen molar-refractivity contribution < 1.29 is 0 Å². The van der Waals surface area contributed by atoms with Gasteiger partial charge in [0.05, 0.1) is 0 Å². The standard InChI is InChI=1S/C15H19NS/c1-12-13(2)17-11-15(12)10-16(3)9-14-7-5-4-6-8-14/h4-8,11H,9-10H2,1-3H3. The first kappa shape index (κ1) is 12.3. The molecule has 0 unspecified atom stereocenters. The number of hydrogen-bond acceptors (Lipinski definition) is 2. The molecule has 0 aliphatic rings. The van der Waals surface area contributed by atoms with Crippen LogP contribution in [-0.4, -0.2) is 11.9 Å². The molecule has 90 valence electrons. The lowest BCUT2D eigenvalue weighted by molar-refractivity contribution is 0.319. The van der Waals surface area contributed by atoms with Gasteiger partial charge in [-0.3, -0.25) is 4.90 Å². The van der Waals surface area contributed by atoms with Crippen LogP contribution in [0.1, 0.15) is 21.6 Å². The minimum Gasteiger partial charge on any atom is -0.298 e. The van der Waals surface area contributed by atoms with Gasteiger partial charge in [0, 0.05) is 18.0 Å². The summed E-state index contributed by atoms with van der Waals surface area (Å²) in [7, 11) is 2.18. The van der Waals surface area contributed by atoms with Gasteiger partial charge in [0.25, 0.3) is 0 Å². The number of thiophene rings is 1. The van der Waals surface area contributed by atoms with Crippen molar-refractivity contribution in [2.45, 2.75) is 26.9 Å². The second-order valence-corrected chi connectivity index (χ2v) is 5.68. The van der Waals surface area contributed by atoms with E-state index in [4.69, 9.17) is 0 Å². The summed E-state index contributed by atoms with van der Waals surface area (Å²) in [6.45, 7) is 6.46. The van der Waals surface area contributed by atoms with E-state index in [2.05, 4.69) is 61.5 Å². The maximum atomic E-state index is 2.36. The summed E-state index contributed by atoms with van der Waals surface area (Å²) in [6, 6.07) is 10.6. The van der Waals surface area contributed by atoms with Crippen LogP contribution in [0.3, 0.4) is 0 Å². The van der Waals surface area contributed by atoms with Gasteiger partial charge >= 0.3 is 0 Å². The quantitative estimate of drug-likeness (QED) is 0.787. The molecule has 0 spiro atoms. The summed E-state index contributed by atoms with van der Waals surface area (Å²) in [5.74, 6) is 0. The van der Waals surface area contributed by atoms with Crippen LogP contribution in [0.4, 0.5) is 0 Å². The van der Waals surface area contributed by atoms with Crippen molar-refractivity contribution >= 4 is 11.3 Å². The van der Waals surface area contributed by atoms with Gasteiger partial charge in [0.1, 0.15) is 0 Å². The van der Waals surface area contributed by atoms with E-state index in [0.717, 1.165) is 13.1 Å². The Morgan fingerprint density at radius 1 is 1.06 bits per heavy atom. The zero-order valence-electron chi connectivity index (χ0n) is 10.7. The Morgan fingerprint density at radius 2 is 1.76 bits per heavy atom. The molecule has 1 heterocycles. The number of aryl methyl sites for hydroxylation is 1. The Balaban J connectivity index is 1.98. The third-order valence-corrected chi connectivity index (χ3v) is 4.19. The van der Waals surface area contributed by atoms with Crippen molar-refractivity contribution in [2.24, 2.45) is 0 Å². The summed E-state index contributed by atoms with van der Waals surface area (Å²) in [6.07, 6.45) is 0. The predicted octanol–water partition coefficient (Wildman–Crippen LogP) is 4.00. The zero-order chi connectivity index (χ0) is 12.3. The van der Waals surface area contributed by atoms with Crippen molar-refractivity contribution in [1.29, 1.82) is 0 Å². The Kier molecular flexibility index (Phi) is 3.97. The lowest BCUT2D eigenvalue weighted by Gasteiger charge is -2.16. The van der Waals surface area contributed by atoms with Gasteiger partial charge in [-0.1, -0.05) is 30.3 Å². The SMILES string of the molecule is Cc1scc(CN(C)Cc2ccccc2)c1C. The van der Waals surface area contributed by atoms with E-state index in [1.807, 2.05) is 11.3 Å². The molecule has 2 rings (SSSR count). The van der Waals surface area contributed by atoms with Crippen molar-refractivity contribution in [3.05, 3.63) is 57.3 Å². The van der Waals surface area contributed by atoms with Crippen LogP contribution in [0, 0.1) is 13.8 Å². The molecule has 0 bridgehead atoms. The molecule has 2 heteroatoms. The molecule has 17 heavy (non-hydrogen) atoms. The molecule has 2 aromatic rings. The normalized spacial score (nSPS) is 11.1. The van der Waals surface area contributed by atoms with Crippen LogP contribution in [0.15, 0.2) is 35.7 Å². The van der Waals surface area contributed by atoms with Crippen LogP contribution in [0.2, 0.25) is 0 Å². The summed E-state index contributed by atoms with van der Waals surface area (Å²) in [5.41, 5.74) is 4.29. The largest absolute Gasteiger partial charge is 0.298 e. The molecule has 1 aromatic carbocycles. The van der Waals surface area contributed by atoms with Crippen LogP contribution >= 0.6 is 11.3 Å². The first-order valence-corrected chi connectivity index (χ1v) is 6.81. The maximum absolute atomic E-state index is 2.36. The number of rotatable bonds is 4. The van der Waals surface area contributed by atoms with Crippen molar-refractivity contribution in [1.82, 2.24) is 4.90 Å². The van der Waals surface area contributed by atoms with Gasteiger partial charge in [-0.05, 0) is 43.0 Å². The van der Waals surface area contributed by atoms with Crippen LogP contribution in [-0.2, 0) is 13.1 Å². The van der Waals surface area contributed by atoms with Crippen molar-refractivity contribution in [2.75, 3.05) is 7.05 Å².